The Morgan fingerprint density at radius 3 is 2.53 bits per heavy atom. The molecule has 3 nitrogen and oxygen atoms in total. The summed E-state index contributed by atoms with van der Waals surface area (Å²) in [6, 6.07) is 8.76. The Labute approximate surface area is 119 Å². The van der Waals surface area contributed by atoms with Crippen LogP contribution >= 0.6 is 11.6 Å². The van der Waals surface area contributed by atoms with Crippen molar-refractivity contribution in [1.29, 1.82) is 0 Å². The van der Waals surface area contributed by atoms with Crippen LogP contribution in [0.1, 0.15) is 44.2 Å². The molecule has 1 aromatic carbocycles. The summed E-state index contributed by atoms with van der Waals surface area (Å²) >= 11 is 5.93. The zero-order chi connectivity index (χ0) is 13.8. The van der Waals surface area contributed by atoms with Crippen molar-refractivity contribution in [1.82, 2.24) is 4.90 Å². The van der Waals surface area contributed by atoms with E-state index in [1.807, 2.05) is 24.3 Å². The van der Waals surface area contributed by atoms with Crippen LogP contribution in [-0.4, -0.2) is 28.6 Å². The Morgan fingerprint density at radius 2 is 2.05 bits per heavy atom. The van der Waals surface area contributed by atoms with Crippen LogP contribution in [0.4, 0.5) is 0 Å². The topological polar surface area (TPSA) is 40.5 Å². The first kappa shape index (κ1) is 14.4. The van der Waals surface area contributed by atoms with Crippen LogP contribution in [0.3, 0.4) is 0 Å². The molecular formula is C15H20ClNO2. The molecule has 0 aliphatic heterocycles. The maximum Gasteiger partial charge on any atom is 0.304 e. The Hall–Kier alpha value is -1.06. The van der Waals surface area contributed by atoms with E-state index in [2.05, 4.69) is 11.8 Å². The number of aliphatic carboxylic acids is 1. The normalized spacial score (nSPS) is 16.6. The minimum absolute atomic E-state index is 0.209. The molecule has 1 saturated carbocycles. The smallest absolute Gasteiger partial charge is 0.304 e. The van der Waals surface area contributed by atoms with Gasteiger partial charge in [0.2, 0.25) is 0 Å². The van der Waals surface area contributed by atoms with Gasteiger partial charge in [0, 0.05) is 23.7 Å². The molecule has 1 aromatic rings. The second kappa shape index (κ2) is 6.40. The van der Waals surface area contributed by atoms with Gasteiger partial charge in [-0.3, -0.25) is 9.69 Å². The molecule has 1 aliphatic carbocycles. The largest absolute Gasteiger partial charge is 0.481 e. The number of halogens is 1. The van der Waals surface area contributed by atoms with Gasteiger partial charge in [-0.2, -0.15) is 0 Å². The molecule has 0 spiro atoms. The summed E-state index contributed by atoms with van der Waals surface area (Å²) in [6.07, 6.45) is 3.56. The number of carboxylic acid groups (broad SMARTS) is 1. The van der Waals surface area contributed by atoms with Crippen molar-refractivity contribution in [3.63, 3.8) is 0 Å². The van der Waals surface area contributed by atoms with E-state index >= 15 is 0 Å². The molecule has 0 radical (unpaired) electrons. The summed E-state index contributed by atoms with van der Waals surface area (Å²) in [5.74, 6) is -0.725. The molecule has 19 heavy (non-hydrogen) atoms. The average molecular weight is 282 g/mol. The Bertz CT molecular complexity index is 428. The Kier molecular flexibility index (Phi) is 4.83. The number of benzene rings is 1. The van der Waals surface area contributed by atoms with Gasteiger partial charge in [0.15, 0.2) is 0 Å². The summed E-state index contributed by atoms with van der Waals surface area (Å²) in [7, 11) is 0. The molecule has 0 bridgehead atoms. The summed E-state index contributed by atoms with van der Waals surface area (Å²) < 4.78 is 0. The first-order chi connectivity index (χ1) is 9.11. The van der Waals surface area contributed by atoms with Gasteiger partial charge in [0.25, 0.3) is 0 Å². The number of hydrogen-bond donors (Lipinski definition) is 1. The highest BCUT2D eigenvalue weighted by Crippen LogP contribution is 2.36. The molecular weight excluding hydrogens is 262 g/mol. The van der Waals surface area contributed by atoms with E-state index in [4.69, 9.17) is 16.7 Å². The third kappa shape index (κ3) is 3.95. The zero-order valence-corrected chi connectivity index (χ0v) is 11.9. The van der Waals surface area contributed by atoms with E-state index in [0.29, 0.717) is 18.6 Å². The predicted octanol–water partition coefficient (Wildman–Crippen LogP) is 3.73. The lowest BCUT2D eigenvalue weighted by molar-refractivity contribution is -0.137. The number of carbonyl (C=O) groups is 1. The molecule has 104 valence electrons. The molecule has 0 saturated heterocycles. The molecule has 1 unspecified atom stereocenters. The van der Waals surface area contributed by atoms with E-state index in [1.165, 1.54) is 18.4 Å². The number of rotatable bonds is 7. The van der Waals surface area contributed by atoms with Gasteiger partial charge in [0.1, 0.15) is 0 Å². The van der Waals surface area contributed by atoms with Gasteiger partial charge in [-0.25, -0.2) is 0 Å². The van der Waals surface area contributed by atoms with E-state index in [1.54, 1.807) is 0 Å². The van der Waals surface area contributed by atoms with Crippen molar-refractivity contribution in [3.8, 4) is 0 Å². The standard InChI is InChI=1S/C15H20ClNO2/c1-2-14(11-3-5-12(16)6-4-11)17(13-7-8-13)10-9-15(18)19/h3-6,13-14H,2,7-10H2,1H3,(H,18,19). The summed E-state index contributed by atoms with van der Waals surface area (Å²) in [4.78, 5) is 13.1. The predicted molar refractivity (Wildman–Crippen MR) is 76.5 cm³/mol. The molecule has 2 rings (SSSR count). The fourth-order valence-electron chi connectivity index (χ4n) is 2.57. The zero-order valence-electron chi connectivity index (χ0n) is 11.2. The maximum absolute atomic E-state index is 10.8. The molecule has 1 N–H and O–H groups in total. The van der Waals surface area contributed by atoms with Crippen molar-refractivity contribution in [2.45, 2.75) is 44.7 Å². The van der Waals surface area contributed by atoms with Gasteiger partial charge < -0.3 is 5.11 Å². The van der Waals surface area contributed by atoms with E-state index < -0.39 is 5.97 Å². The van der Waals surface area contributed by atoms with Crippen LogP contribution in [0.5, 0.6) is 0 Å². The molecule has 0 heterocycles. The fraction of sp³-hybridized carbons (Fsp3) is 0.533. The van der Waals surface area contributed by atoms with Gasteiger partial charge in [0.05, 0.1) is 6.42 Å². The van der Waals surface area contributed by atoms with Crippen LogP contribution in [-0.2, 0) is 4.79 Å². The van der Waals surface area contributed by atoms with Crippen molar-refractivity contribution < 1.29 is 9.90 Å². The fourth-order valence-corrected chi connectivity index (χ4v) is 2.70. The highest BCUT2D eigenvalue weighted by Gasteiger charge is 2.33. The summed E-state index contributed by atoms with van der Waals surface area (Å²) in [5, 5.41) is 9.62. The third-order valence-electron chi connectivity index (χ3n) is 3.64. The number of carboxylic acids is 1. The van der Waals surface area contributed by atoms with Crippen LogP contribution in [0, 0.1) is 0 Å². The van der Waals surface area contributed by atoms with Crippen molar-refractivity contribution in [3.05, 3.63) is 34.9 Å². The van der Waals surface area contributed by atoms with Crippen LogP contribution < -0.4 is 0 Å². The van der Waals surface area contributed by atoms with Gasteiger partial charge in [-0.05, 0) is 37.0 Å². The summed E-state index contributed by atoms with van der Waals surface area (Å²) in [5.41, 5.74) is 1.23. The van der Waals surface area contributed by atoms with Crippen molar-refractivity contribution >= 4 is 17.6 Å². The van der Waals surface area contributed by atoms with Crippen LogP contribution in [0.15, 0.2) is 24.3 Å². The highest BCUT2D eigenvalue weighted by molar-refractivity contribution is 6.30. The van der Waals surface area contributed by atoms with Gasteiger partial charge in [-0.15, -0.1) is 0 Å². The van der Waals surface area contributed by atoms with Crippen molar-refractivity contribution in [2.75, 3.05) is 6.54 Å². The lowest BCUT2D eigenvalue weighted by Gasteiger charge is -2.31. The lowest BCUT2D eigenvalue weighted by Crippen LogP contribution is -2.32. The first-order valence-corrected chi connectivity index (χ1v) is 7.22. The van der Waals surface area contributed by atoms with E-state index in [9.17, 15) is 4.79 Å². The Balaban J connectivity index is 2.12. The quantitative estimate of drug-likeness (QED) is 0.828. The average Bonchev–Trinajstić information content (AvgIpc) is 3.20. The SMILES string of the molecule is CCC(c1ccc(Cl)cc1)N(CCC(=O)O)C1CC1. The van der Waals surface area contributed by atoms with Crippen LogP contribution in [0.25, 0.3) is 0 Å². The molecule has 0 amide bonds. The number of nitrogens with zero attached hydrogens (tertiary/aromatic N) is 1. The van der Waals surface area contributed by atoms with Gasteiger partial charge >= 0.3 is 5.97 Å². The lowest BCUT2D eigenvalue weighted by atomic mass is 10.0. The molecule has 4 heteroatoms. The third-order valence-corrected chi connectivity index (χ3v) is 3.89. The van der Waals surface area contributed by atoms with E-state index in [0.717, 1.165) is 11.4 Å². The second-order valence-corrected chi connectivity index (χ2v) is 5.52. The van der Waals surface area contributed by atoms with Crippen molar-refractivity contribution in [2.24, 2.45) is 0 Å². The monoisotopic (exact) mass is 281 g/mol. The summed E-state index contributed by atoms with van der Waals surface area (Å²) in [6.45, 7) is 2.77. The van der Waals surface area contributed by atoms with Gasteiger partial charge in [-0.1, -0.05) is 30.7 Å². The maximum atomic E-state index is 10.8. The molecule has 0 aromatic heterocycles. The highest BCUT2D eigenvalue weighted by atomic mass is 35.5. The minimum Gasteiger partial charge on any atom is -0.481 e. The van der Waals surface area contributed by atoms with E-state index in [-0.39, 0.29) is 6.42 Å². The number of hydrogen-bond acceptors (Lipinski definition) is 2. The van der Waals surface area contributed by atoms with Crippen LogP contribution in [0.2, 0.25) is 5.02 Å². The molecule has 1 aliphatic rings. The minimum atomic E-state index is -0.725. The second-order valence-electron chi connectivity index (χ2n) is 5.09. The molecule has 1 atom stereocenters. The molecule has 1 fully saturated rings. The first-order valence-electron chi connectivity index (χ1n) is 6.84. The Morgan fingerprint density at radius 1 is 1.42 bits per heavy atom.